The van der Waals surface area contributed by atoms with E-state index in [1.165, 1.54) is 36.0 Å². The first-order chi connectivity index (χ1) is 15.9. The Labute approximate surface area is 211 Å². The molecule has 0 radical (unpaired) electrons. The highest BCUT2D eigenvalue weighted by Crippen LogP contribution is 2.35. The number of hydrogen-bond donors (Lipinski definition) is 2. The lowest BCUT2D eigenvalue weighted by atomic mass is 10.0. The van der Waals surface area contributed by atoms with Gasteiger partial charge < -0.3 is 15.0 Å². The SMILES string of the molecule is Cn1cnc(CSC(C)(C)[C@H](C(N)=O)N(O)S(=O)(=O)c2ccc(Oc3ccc(Br)cc3)cc2)c1. The number of benzene rings is 2. The van der Waals surface area contributed by atoms with E-state index in [0.717, 1.165) is 10.2 Å². The molecule has 0 unspecified atom stereocenters. The van der Waals surface area contributed by atoms with Crippen LogP contribution in [0.4, 0.5) is 0 Å². The van der Waals surface area contributed by atoms with Crippen molar-refractivity contribution in [3.8, 4) is 11.5 Å². The van der Waals surface area contributed by atoms with E-state index in [2.05, 4.69) is 20.9 Å². The number of imidazole rings is 1. The molecule has 3 N–H and O–H groups in total. The van der Waals surface area contributed by atoms with Crippen LogP contribution in [-0.2, 0) is 27.6 Å². The van der Waals surface area contributed by atoms with Crippen molar-refractivity contribution in [2.24, 2.45) is 12.8 Å². The molecule has 0 bridgehead atoms. The molecular weight excluding hydrogens is 544 g/mol. The maximum atomic E-state index is 13.1. The quantitative estimate of drug-likeness (QED) is 0.354. The van der Waals surface area contributed by atoms with E-state index >= 15 is 0 Å². The van der Waals surface area contributed by atoms with E-state index in [0.29, 0.717) is 17.3 Å². The molecule has 9 nitrogen and oxygen atoms in total. The van der Waals surface area contributed by atoms with Gasteiger partial charge in [-0.3, -0.25) is 10.0 Å². The Morgan fingerprint density at radius 3 is 2.26 bits per heavy atom. The summed E-state index contributed by atoms with van der Waals surface area (Å²) in [7, 11) is -2.62. The molecule has 12 heteroatoms. The number of nitrogens with zero attached hydrogens (tertiary/aromatic N) is 3. The zero-order valence-corrected chi connectivity index (χ0v) is 22.0. The van der Waals surface area contributed by atoms with Gasteiger partial charge in [0.2, 0.25) is 5.91 Å². The summed E-state index contributed by atoms with van der Waals surface area (Å²) in [5.41, 5.74) is 6.28. The van der Waals surface area contributed by atoms with Gasteiger partial charge in [0, 0.05) is 28.2 Å². The second kappa shape index (κ2) is 10.5. The Kier molecular flexibility index (Phi) is 8.09. The number of amides is 1. The van der Waals surface area contributed by atoms with Gasteiger partial charge in [0.25, 0.3) is 10.0 Å². The van der Waals surface area contributed by atoms with Gasteiger partial charge in [-0.15, -0.1) is 11.8 Å². The Bertz CT molecular complexity index is 1250. The molecule has 1 aromatic heterocycles. The summed E-state index contributed by atoms with van der Waals surface area (Å²) in [5, 5.41) is 10.7. The number of rotatable bonds is 10. The second-order valence-corrected chi connectivity index (χ2v) is 12.4. The largest absolute Gasteiger partial charge is 0.457 e. The number of aromatic nitrogens is 2. The lowest BCUT2D eigenvalue weighted by Crippen LogP contribution is -2.55. The monoisotopic (exact) mass is 568 g/mol. The van der Waals surface area contributed by atoms with Gasteiger partial charge in [-0.25, -0.2) is 13.4 Å². The molecule has 1 atom stereocenters. The van der Waals surface area contributed by atoms with Crippen molar-refractivity contribution in [3.05, 3.63) is 71.2 Å². The van der Waals surface area contributed by atoms with E-state index < -0.39 is 26.7 Å². The molecule has 0 fully saturated rings. The van der Waals surface area contributed by atoms with Gasteiger partial charge >= 0.3 is 0 Å². The predicted molar refractivity (Wildman–Crippen MR) is 133 cm³/mol. The average molecular weight is 570 g/mol. The lowest BCUT2D eigenvalue weighted by Gasteiger charge is -2.35. The number of primary amides is 1. The topological polar surface area (TPSA) is 128 Å². The number of carbonyl (C=O) groups excluding carboxylic acids is 1. The zero-order chi connectivity index (χ0) is 25.1. The number of ether oxygens (including phenoxy) is 1. The van der Waals surface area contributed by atoms with Crippen LogP contribution in [0.2, 0.25) is 0 Å². The normalized spacial score (nSPS) is 13.1. The van der Waals surface area contributed by atoms with Crippen LogP contribution in [0.3, 0.4) is 0 Å². The Balaban J connectivity index is 1.78. The summed E-state index contributed by atoms with van der Waals surface area (Å²) in [6, 6.07) is 11.1. The third-order valence-electron chi connectivity index (χ3n) is 4.92. The molecular formula is C22H25BrN4O5S2. The number of sulfonamides is 1. The standard InChI is InChI=1S/C22H25BrN4O5S2/c1-22(2,33-13-16-12-26(3)14-25-16)20(21(24)28)27(29)34(30,31)19-10-8-18(9-11-19)32-17-6-4-15(23)5-7-17/h4-12,14,20,29H,13H2,1-3H3,(H2,24,28)/t20-/m0/s1. The number of hydrogen-bond acceptors (Lipinski definition) is 7. The number of carbonyl (C=O) groups is 1. The number of nitrogens with two attached hydrogens (primary N) is 1. The van der Waals surface area contributed by atoms with Crippen molar-refractivity contribution in [1.29, 1.82) is 0 Å². The minimum Gasteiger partial charge on any atom is -0.457 e. The van der Waals surface area contributed by atoms with Crippen LogP contribution in [0.25, 0.3) is 0 Å². The summed E-state index contributed by atoms with van der Waals surface area (Å²) in [6.45, 7) is 3.29. The molecule has 0 aliphatic heterocycles. The molecule has 0 aliphatic carbocycles. The van der Waals surface area contributed by atoms with Crippen molar-refractivity contribution >= 4 is 43.6 Å². The van der Waals surface area contributed by atoms with Crippen LogP contribution in [0, 0.1) is 0 Å². The highest BCUT2D eigenvalue weighted by atomic mass is 79.9. The fraction of sp³-hybridized carbons (Fsp3) is 0.273. The van der Waals surface area contributed by atoms with E-state index in [-0.39, 0.29) is 9.36 Å². The minimum atomic E-state index is -4.45. The summed E-state index contributed by atoms with van der Waals surface area (Å²) in [4.78, 5) is 16.3. The average Bonchev–Trinajstić information content (AvgIpc) is 3.19. The van der Waals surface area contributed by atoms with Gasteiger partial charge in [-0.1, -0.05) is 20.4 Å². The molecule has 182 valence electrons. The summed E-state index contributed by atoms with van der Waals surface area (Å²) in [6.07, 6.45) is 3.45. The number of aryl methyl sites for hydroxylation is 1. The number of thioether (sulfide) groups is 1. The first-order valence-electron chi connectivity index (χ1n) is 10.1. The lowest BCUT2D eigenvalue weighted by molar-refractivity contribution is -0.132. The molecule has 0 saturated heterocycles. The molecule has 0 aliphatic rings. The summed E-state index contributed by atoms with van der Waals surface area (Å²) < 4.78 is 33.6. The molecule has 1 heterocycles. The first-order valence-corrected chi connectivity index (χ1v) is 13.3. The van der Waals surface area contributed by atoms with Crippen LogP contribution < -0.4 is 10.5 Å². The van der Waals surface area contributed by atoms with Crippen LogP contribution in [0.15, 0.2) is 70.4 Å². The Morgan fingerprint density at radius 2 is 1.76 bits per heavy atom. The summed E-state index contributed by atoms with van der Waals surface area (Å²) >= 11 is 4.60. The van der Waals surface area contributed by atoms with Crippen molar-refractivity contribution < 1.29 is 23.2 Å². The van der Waals surface area contributed by atoms with Gasteiger partial charge in [0.1, 0.15) is 17.5 Å². The third kappa shape index (κ3) is 6.19. The summed E-state index contributed by atoms with van der Waals surface area (Å²) in [5.74, 6) is 0.402. The van der Waals surface area contributed by atoms with Gasteiger partial charge in [-0.2, -0.15) is 0 Å². The molecule has 0 spiro atoms. The highest BCUT2D eigenvalue weighted by Gasteiger charge is 2.44. The number of halogens is 1. The fourth-order valence-electron chi connectivity index (χ4n) is 3.16. The fourth-order valence-corrected chi connectivity index (χ4v) is 5.88. The van der Waals surface area contributed by atoms with Crippen LogP contribution >= 0.6 is 27.7 Å². The second-order valence-electron chi connectivity index (χ2n) is 8.03. The van der Waals surface area contributed by atoms with Crippen LogP contribution in [0.5, 0.6) is 11.5 Å². The van der Waals surface area contributed by atoms with Crippen LogP contribution in [-0.4, -0.2) is 44.3 Å². The Morgan fingerprint density at radius 1 is 1.21 bits per heavy atom. The maximum Gasteiger partial charge on any atom is 0.265 e. The van der Waals surface area contributed by atoms with Crippen molar-refractivity contribution in [2.75, 3.05) is 0 Å². The van der Waals surface area contributed by atoms with E-state index in [9.17, 15) is 18.4 Å². The molecule has 1 amide bonds. The minimum absolute atomic E-state index is 0.0470. The van der Waals surface area contributed by atoms with E-state index in [4.69, 9.17) is 10.5 Å². The highest BCUT2D eigenvalue weighted by molar-refractivity contribution is 9.10. The van der Waals surface area contributed by atoms with Gasteiger partial charge in [0.05, 0.1) is 16.9 Å². The number of hydroxylamine groups is 1. The van der Waals surface area contributed by atoms with Crippen molar-refractivity contribution in [2.45, 2.75) is 35.3 Å². The zero-order valence-electron chi connectivity index (χ0n) is 18.8. The molecule has 2 aromatic carbocycles. The van der Waals surface area contributed by atoms with Gasteiger partial charge in [0.15, 0.2) is 0 Å². The van der Waals surface area contributed by atoms with Crippen molar-refractivity contribution in [1.82, 2.24) is 14.0 Å². The molecule has 3 aromatic rings. The molecule has 3 rings (SSSR count). The maximum absolute atomic E-state index is 13.1. The predicted octanol–water partition coefficient (Wildman–Crippen LogP) is 3.92. The van der Waals surface area contributed by atoms with E-state index in [1.807, 2.05) is 25.4 Å². The van der Waals surface area contributed by atoms with Gasteiger partial charge in [-0.05, 0) is 62.4 Å². The molecule has 34 heavy (non-hydrogen) atoms. The first kappa shape index (κ1) is 26.2. The van der Waals surface area contributed by atoms with E-state index in [1.54, 1.807) is 36.9 Å². The molecule has 0 saturated carbocycles. The van der Waals surface area contributed by atoms with Crippen molar-refractivity contribution in [3.63, 3.8) is 0 Å². The smallest absolute Gasteiger partial charge is 0.265 e. The third-order valence-corrected chi connectivity index (χ3v) is 8.42. The Hall–Kier alpha value is -2.38. The van der Waals surface area contributed by atoms with Crippen LogP contribution in [0.1, 0.15) is 19.5 Å².